The summed E-state index contributed by atoms with van der Waals surface area (Å²) in [5.74, 6) is 1.91. The number of nitrogens with one attached hydrogen (secondary N) is 1. The Kier molecular flexibility index (Phi) is 4.06. The standard InChI is InChI=1S/C15H23NO/c1-11(10-13-4-5-13)16-12(2)14-6-8-15(17-3)9-7-14/h6-9,11-13,16H,4-5,10H2,1-3H3/t11?,12-/m0/s1. The van der Waals surface area contributed by atoms with Crippen molar-refractivity contribution in [2.24, 2.45) is 5.92 Å². The minimum Gasteiger partial charge on any atom is -0.497 e. The maximum atomic E-state index is 5.17. The van der Waals surface area contributed by atoms with E-state index in [-0.39, 0.29) is 0 Å². The van der Waals surface area contributed by atoms with Crippen LogP contribution >= 0.6 is 0 Å². The van der Waals surface area contributed by atoms with Gasteiger partial charge in [0, 0.05) is 12.1 Å². The van der Waals surface area contributed by atoms with E-state index in [4.69, 9.17) is 4.74 Å². The predicted molar refractivity (Wildman–Crippen MR) is 71.3 cm³/mol. The third-order valence-electron chi connectivity index (χ3n) is 3.53. The van der Waals surface area contributed by atoms with Crippen LogP contribution in [0.1, 0.15) is 44.7 Å². The molecule has 1 N–H and O–H groups in total. The molecule has 0 radical (unpaired) electrons. The third kappa shape index (κ3) is 3.74. The summed E-state index contributed by atoms with van der Waals surface area (Å²) in [7, 11) is 1.70. The second kappa shape index (κ2) is 5.54. The Hall–Kier alpha value is -1.02. The van der Waals surface area contributed by atoms with Crippen LogP contribution in [-0.2, 0) is 0 Å². The fourth-order valence-corrected chi connectivity index (χ4v) is 2.34. The maximum Gasteiger partial charge on any atom is 0.118 e. The first-order valence-corrected chi connectivity index (χ1v) is 6.59. The minimum atomic E-state index is 0.412. The average Bonchev–Trinajstić information content (AvgIpc) is 3.12. The highest BCUT2D eigenvalue weighted by Crippen LogP contribution is 2.33. The van der Waals surface area contributed by atoms with E-state index in [1.54, 1.807) is 7.11 Å². The van der Waals surface area contributed by atoms with Crippen molar-refractivity contribution in [2.75, 3.05) is 7.11 Å². The highest BCUT2D eigenvalue weighted by atomic mass is 16.5. The third-order valence-corrected chi connectivity index (χ3v) is 3.53. The molecular weight excluding hydrogens is 210 g/mol. The number of rotatable bonds is 6. The fraction of sp³-hybridized carbons (Fsp3) is 0.600. The van der Waals surface area contributed by atoms with E-state index in [2.05, 4.69) is 31.3 Å². The topological polar surface area (TPSA) is 21.3 Å². The summed E-state index contributed by atoms with van der Waals surface area (Å²) >= 11 is 0. The summed E-state index contributed by atoms with van der Waals surface area (Å²) < 4.78 is 5.17. The Morgan fingerprint density at radius 1 is 1.24 bits per heavy atom. The lowest BCUT2D eigenvalue weighted by atomic mass is 10.1. The molecule has 2 atom stereocenters. The number of hydrogen-bond donors (Lipinski definition) is 1. The zero-order chi connectivity index (χ0) is 12.3. The van der Waals surface area contributed by atoms with Crippen molar-refractivity contribution in [3.8, 4) is 5.75 Å². The maximum absolute atomic E-state index is 5.17. The van der Waals surface area contributed by atoms with Gasteiger partial charge in [-0.2, -0.15) is 0 Å². The Bertz CT molecular complexity index is 342. The van der Waals surface area contributed by atoms with Crippen LogP contribution in [-0.4, -0.2) is 13.2 Å². The van der Waals surface area contributed by atoms with Crippen molar-refractivity contribution in [1.82, 2.24) is 5.32 Å². The van der Waals surface area contributed by atoms with Crippen molar-refractivity contribution in [3.63, 3.8) is 0 Å². The summed E-state index contributed by atoms with van der Waals surface area (Å²) in [5.41, 5.74) is 1.33. The molecule has 0 heterocycles. The van der Waals surface area contributed by atoms with E-state index in [0.29, 0.717) is 12.1 Å². The molecule has 1 fully saturated rings. The van der Waals surface area contributed by atoms with Crippen LogP contribution in [0.5, 0.6) is 5.75 Å². The lowest BCUT2D eigenvalue weighted by molar-refractivity contribution is 0.413. The molecule has 0 aliphatic heterocycles. The van der Waals surface area contributed by atoms with Gasteiger partial charge in [-0.15, -0.1) is 0 Å². The molecule has 0 aromatic heterocycles. The van der Waals surface area contributed by atoms with Gasteiger partial charge in [0.25, 0.3) is 0 Å². The average molecular weight is 233 g/mol. The minimum absolute atomic E-state index is 0.412. The molecule has 17 heavy (non-hydrogen) atoms. The Morgan fingerprint density at radius 3 is 2.41 bits per heavy atom. The van der Waals surface area contributed by atoms with E-state index < -0.39 is 0 Å². The van der Waals surface area contributed by atoms with Crippen LogP contribution in [0.2, 0.25) is 0 Å². The van der Waals surface area contributed by atoms with Gasteiger partial charge in [0.2, 0.25) is 0 Å². The highest BCUT2D eigenvalue weighted by molar-refractivity contribution is 5.28. The van der Waals surface area contributed by atoms with Crippen molar-refractivity contribution in [1.29, 1.82) is 0 Å². The lowest BCUT2D eigenvalue weighted by Crippen LogP contribution is -2.29. The number of methoxy groups -OCH3 is 1. The van der Waals surface area contributed by atoms with Crippen molar-refractivity contribution >= 4 is 0 Å². The molecule has 94 valence electrons. The molecule has 0 bridgehead atoms. The van der Waals surface area contributed by atoms with Crippen molar-refractivity contribution in [3.05, 3.63) is 29.8 Å². The summed E-state index contributed by atoms with van der Waals surface area (Å²) in [6.07, 6.45) is 4.19. The van der Waals surface area contributed by atoms with Crippen LogP contribution in [0.4, 0.5) is 0 Å². The van der Waals surface area contributed by atoms with Crippen molar-refractivity contribution in [2.45, 2.75) is 45.2 Å². The van der Waals surface area contributed by atoms with Gasteiger partial charge >= 0.3 is 0 Å². The monoisotopic (exact) mass is 233 g/mol. The van der Waals surface area contributed by atoms with E-state index >= 15 is 0 Å². The first-order chi connectivity index (χ1) is 8.19. The molecule has 1 unspecified atom stereocenters. The van der Waals surface area contributed by atoms with Crippen LogP contribution in [0, 0.1) is 5.92 Å². The van der Waals surface area contributed by atoms with Gasteiger partial charge in [0.15, 0.2) is 0 Å². The number of ether oxygens (including phenoxy) is 1. The predicted octanol–water partition coefficient (Wildman–Crippen LogP) is 3.53. The molecule has 1 aliphatic rings. The summed E-state index contributed by atoms with van der Waals surface area (Å²) in [6.45, 7) is 4.52. The lowest BCUT2D eigenvalue weighted by Gasteiger charge is -2.20. The molecule has 1 aliphatic carbocycles. The Balaban J connectivity index is 1.86. The van der Waals surface area contributed by atoms with Gasteiger partial charge < -0.3 is 10.1 Å². The zero-order valence-corrected chi connectivity index (χ0v) is 11.1. The molecular formula is C15H23NO. The van der Waals surface area contributed by atoms with Gasteiger partial charge in [-0.1, -0.05) is 25.0 Å². The molecule has 1 aromatic carbocycles. The summed E-state index contributed by atoms with van der Waals surface area (Å²) in [4.78, 5) is 0. The van der Waals surface area contributed by atoms with Gasteiger partial charge in [-0.3, -0.25) is 0 Å². The van der Waals surface area contributed by atoms with Crippen LogP contribution in [0.15, 0.2) is 24.3 Å². The second-order valence-electron chi connectivity index (χ2n) is 5.24. The quantitative estimate of drug-likeness (QED) is 0.811. The van der Waals surface area contributed by atoms with Crippen molar-refractivity contribution < 1.29 is 4.74 Å². The molecule has 0 saturated heterocycles. The van der Waals surface area contributed by atoms with Crippen LogP contribution < -0.4 is 10.1 Å². The molecule has 1 saturated carbocycles. The smallest absolute Gasteiger partial charge is 0.118 e. The Morgan fingerprint density at radius 2 is 1.88 bits per heavy atom. The highest BCUT2D eigenvalue weighted by Gasteiger charge is 2.24. The van der Waals surface area contributed by atoms with Crippen LogP contribution in [0.25, 0.3) is 0 Å². The molecule has 0 amide bonds. The van der Waals surface area contributed by atoms with E-state index in [9.17, 15) is 0 Å². The zero-order valence-electron chi connectivity index (χ0n) is 11.1. The fourth-order valence-electron chi connectivity index (χ4n) is 2.34. The molecule has 2 nitrogen and oxygen atoms in total. The first-order valence-electron chi connectivity index (χ1n) is 6.59. The van der Waals surface area contributed by atoms with E-state index in [1.807, 2.05) is 12.1 Å². The molecule has 1 aromatic rings. The van der Waals surface area contributed by atoms with E-state index in [1.165, 1.54) is 24.8 Å². The molecule has 0 spiro atoms. The van der Waals surface area contributed by atoms with Gasteiger partial charge in [-0.25, -0.2) is 0 Å². The van der Waals surface area contributed by atoms with Crippen LogP contribution in [0.3, 0.4) is 0 Å². The summed E-state index contributed by atoms with van der Waals surface area (Å²) in [6, 6.07) is 9.35. The summed E-state index contributed by atoms with van der Waals surface area (Å²) in [5, 5.41) is 3.66. The number of hydrogen-bond acceptors (Lipinski definition) is 2. The second-order valence-corrected chi connectivity index (χ2v) is 5.24. The molecule has 2 rings (SSSR count). The molecule has 2 heteroatoms. The largest absolute Gasteiger partial charge is 0.497 e. The van der Waals surface area contributed by atoms with Gasteiger partial charge in [0.05, 0.1) is 7.11 Å². The van der Waals surface area contributed by atoms with E-state index in [0.717, 1.165) is 11.7 Å². The number of benzene rings is 1. The SMILES string of the molecule is COc1ccc([C@H](C)NC(C)CC2CC2)cc1. The van der Waals surface area contributed by atoms with Gasteiger partial charge in [0.1, 0.15) is 5.75 Å². The normalized spacial score (nSPS) is 18.8. The van der Waals surface area contributed by atoms with Gasteiger partial charge in [-0.05, 0) is 43.9 Å². The first kappa shape index (κ1) is 12.4. The Labute approximate surface area is 104 Å².